The van der Waals surface area contributed by atoms with Gasteiger partial charge in [-0.05, 0) is 32.0 Å². The van der Waals surface area contributed by atoms with E-state index in [2.05, 4.69) is 10.1 Å². The third-order valence-electron chi connectivity index (χ3n) is 5.11. The van der Waals surface area contributed by atoms with Crippen molar-refractivity contribution < 1.29 is 14.3 Å². The summed E-state index contributed by atoms with van der Waals surface area (Å²) in [5.41, 5.74) is 2.53. The number of anilines is 1. The molecule has 1 amide bonds. The summed E-state index contributed by atoms with van der Waals surface area (Å²) in [6.07, 6.45) is 4.93. The van der Waals surface area contributed by atoms with Gasteiger partial charge < -0.3 is 9.47 Å². The highest BCUT2D eigenvalue weighted by Gasteiger charge is 2.46. The molecule has 0 bridgehead atoms. The van der Waals surface area contributed by atoms with Crippen LogP contribution in [0.15, 0.2) is 36.8 Å². The van der Waals surface area contributed by atoms with E-state index in [0.717, 1.165) is 5.56 Å². The van der Waals surface area contributed by atoms with E-state index in [9.17, 15) is 4.79 Å². The molecule has 0 saturated carbocycles. The highest BCUT2D eigenvalue weighted by molar-refractivity contribution is 6.11. The van der Waals surface area contributed by atoms with Gasteiger partial charge in [-0.15, -0.1) is 0 Å². The molecule has 4 heterocycles. The zero-order valence-corrected chi connectivity index (χ0v) is 17.1. The molecule has 0 unspecified atom stereocenters. The molecular weight excluding hydrogens is 384 g/mol. The molecular formula is C21H20N6O3. The van der Waals surface area contributed by atoms with Crippen LogP contribution in [0.1, 0.15) is 29.9 Å². The molecule has 0 spiro atoms. The number of carbonyl (C=O) groups excluding carboxylic acids is 1. The Morgan fingerprint density at radius 2 is 2.00 bits per heavy atom. The van der Waals surface area contributed by atoms with Gasteiger partial charge in [0.05, 0.1) is 54.7 Å². The van der Waals surface area contributed by atoms with Gasteiger partial charge in [-0.1, -0.05) is 0 Å². The number of ether oxygens (including phenoxy) is 2. The molecule has 1 aliphatic rings. The first-order valence-electron chi connectivity index (χ1n) is 9.24. The molecule has 3 aromatic rings. The third-order valence-corrected chi connectivity index (χ3v) is 5.11. The number of nitrogens with zero attached hydrogens (tertiary/aromatic N) is 6. The maximum absolute atomic E-state index is 13.1. The van der Waals surface area contributed by atoms with Crippen molar-refractivity contribution in [1.82, 2.24) is 19.7 Å². The Kier molecular flexibility index (Phi) is 4.62. The van der Waals surface area contributed by atoms with Crippen LogP contribution in [0.3, 0.4) is 0 Å². The Morgan fingerprint density at radius 3 is 2.70 bits per heavy atom. The first-order chi connectivity index (χ1) is 14.4. The molecule has 9 heteroatoms. The second-order valence-electron chi connectivity index (χ2n) is 7.28. The zero-order chi connectivity index (χ0) is 21.5. The first kappa shape index (κ1) is 19.4. The summed E-state index contributed by atoms with van der Waals surface area (Å²) in [5.74, 6) is 0.730. The average molecular weight is 404 g/mol. The minimum Gasteiger partial charge on any atom is -0.491 e. The molecule has 0 radical (unpaired) electrons. The van der Waals surface area contributed by atoms with Crippen molar-refractivity contribution in [1.29, 1.82) is 5.26 Å². The number of hydrogen-bond acceptors (Lipinski definition) is 7. The topological polar surface area (TPSA) is 106 Å². The van der Waals surface area contributed by atoms with Gasteiger partial charge in [-0.2, -0.15) is 10.4 Å². The summed E-state index contributed by atoms with van der Waals surface area (Å²) < 4.78 is 12.0. The van der Waals surface area contributed by atoms with Crippen LogP contribution >= 0.6 is 0 Å². The summed E-state index contributed by atoms with van der Waals surface area (Å²) in [4.78, 5) is 23.9. The number of amides is 1. The number of aromatic nitrogens is 4. The lowest BCUT2D eigenvalue weighted by atomic mass is 9.98. The standard InChI is InChI=1S/C21H20N6O3/c1-21(2)18-15(20(28)27(21)14-11-24-26(12-14)8-7-22)5-6-16(25-18)13-9-17(29-3)19(30-4)23-10-13/h5-6,9-12H,8H2,1-4H3. The first-order valence-corrected chi connectivity index (χ1v) is 9.24. The fraction of sp³-hybridized carbons (Fsp3) is 0.286. The molecule has 1 aliphatic heterocycles. The molecule has 152 valence electrons. The largest absolute Gasteiger partial charge is 0.491 e. The number of methoxy groups -OCH3 is 2. The van der Waals surface area contributed by atoms with E-state index < -0.39 is 5.54 Å². The van der Waals surface area contributed by atoms with Crippen molar-refractivity contribution in [3.63, 3.8) is 0 Å². The van der Waals surface area contributed by atoms with Gasteiger partial charge in [-0.25, -0.2) is 9.97 Å². The van der Waals surface area contributed by atoms with Crippen LogP contribution in [0.5, 0.6) is 11.6 Å². The fourth-order valence-electron chi connectivity index (χ4n) is 3.68. The quantitative estimate of drug-likeness (QED) is 0.644. The van der Waals surface area contributed by atoms with Gasteiger partial charge in [0.2, 0.25) is 0 Å². The molecule has 0 saturated heterocycles. The number of nitriles is 1. The van der Waals surface area contributed by atoms with Crippen LogP contribution in [-0.2, 0) is 12.1 Å². The lowest BCUT2D eigenvalue weighted by Gasteiger charge is -2.30. The minimum absolute atomic E-state index is 0.115. The second-order valence-corrected chi connectivity index (χ2v) is 7.28. The van der Waals surface area contributed by atoms with Gasteiger partial charge in [0.15, 0.2) is 5.75 Å². The Bertz CT molecular complexity index is 1180. The Hall–Kier alpha value is -3.93. The Morgan fingerprint density at radius 1 is 1.20 bits per heavy atom. The highest BCUT2D eigenvalue weighted by Crippen LogP contribution is 2.41. The number of hydrogen-bond donors (Lipinski definition) is 0. The van der Waals surface area contributed by atoms with Crippen molar-refractivity contribution in [2.45, 2.75) is 25.9 Å². The van der Waals surface area contributed by atoms with Gasteiger partial charge in [0.25, 0.3) is 11.8 Å². The Labute approximate surface area is 173 Å². The molecule has 0 aromatic carbocycles. The lowest BCUT2D eigenvalue weighted by Crippen LogP contribution is -2.39. The van der Waals surface area contributed by atoms with Crippen LogP contribution in [0.2, 0.25) is 0 Å². The van der Waals surface area contributed by atoms with E-state index >= 15 is 0 Å². The number of fused-ring (bicyclic) bond motifs is 1. The maximum atomic E-state index is 13.1. The smallest absolute Gasteiger partial charge is 0.261 e. The maximum Gasteiger partial charge on any atom is 0.261 e. The number of carbonyl (C=O) groups is 1. The normalized spacial score (nSPS) is 14.4. The predicted molar refractivity (Wildman–Crippen MR) is 108 cm³/mol. The molecule has 0 N–H and O–H groups in total. The molecule has 4 rings (SSSR count). The molecule has 0 aliphatic carbocycles. The average Bonchev–Trinajstić information content (AvgIpc) is 3.27. The van der Waals surface area contributed by atoms with Gasteiger partial charge in [0, 0.05) is 18.0 Å². The monoisotopic (exact) mass is 404 g/mol. The van der Waals surface area contributed by atoms with Crippen LogP contribution in [-0.4, -0.2) is 39.9 Å². The molecule has 0 atom stereocenters. The van der Waals surface area contributed by atoms with Crippen LogP contribution in [0.4, 0.5) is 5.69 Å². The van der Waals surface area contributed by atoms with E-state index in [-0.39, 0.29) is 12.5 Å². The number of pyridine rings is 2. The van der Waals surface area contributed by atoms with Crippen molar-refractivity contribution >= 4 is 11.6 Å². The molecule has 3 aromatic heterocycles. The summed E-state index contributed by atoms with van der Waals surface area (Å²) in [6, 6.07) is 7.41. The fourth-order valence-corrected chi connectivity index (χ4v) is 3.68. The van der Waals surface area contributed by atoms with E-state index in [4.69, 9.17) is 19.7 Å². The molecule has 9 nitrogen and oxygen atoms in total. The zero-order valence-electron chi connectivity index (χ0n) is 17.1. The van der Waals surface area contributed by atoms with Crippen LogP contribution in [0, 0.1) is 11.3 Å². The van der Waals surface area contributed by atoms with Crippen LogP contribution < -0.4 is 14.4 Å². The molecule has 30 heavy (non-hydrogen) atoms. The summed E-state index contributed by atoms with van der Waals surface area (Å²) in [7, 11) is 3.07. The lowest BCUT2D eigenvalue weighted by molar-refractivity contribution is 0.0982. The van der Waals surface area contributed by atoms with Gasteiger partial charge in [-0.3, -0.25) is 14.4 Å². The second kappa shape index (κ2) is 7.15. The number of rotatable bonds is 5. The SMILES string of the molecule is COc1cc(-c2ccc3c(n2)C(C)(C)N(c2cnn(CC#N)c2)C3=O)cnc1OC. The summed E-state index contributed by atoms with van der Waals surface area (Å²) in [6.45, 7) is 3.98. The van der Waals surface area contributed by atoms with Crippen molar-refractivity contribution in [2.75, 3.05) is 19.1 Å². The highest BCUT2D eigenvalue weighted by atomic mass is 16.5. The van der Waals surface area contributed by atoms with Crippen LogP contribution in [0.25, 0.3) is 11.3 Å². The predicted octanol–water partition coefficient (Wildman–Crippen LogP) is 2.78. The van der Waals surface area contributed by atoms with Crippen molar-refractivity contribution in [3.8, 4) is 29.0 Å². The summed E-state index contributed by atoms with van der Waals surface area (Å²) >= 11 is 0. The minimum atomic E-state index is -0.701. The molecule has 0 fully saturated rings. The van der Waals surface area contributed by atoms with Crippen molar-refractivity contribution in [2.24, 2.45) is 0 Å². The van der Waals surface area contributed by atoms with E-state index in [0.29, 0.717) is 34.3 Å². The van der Waals surface area contributed by atoms with Gasteiger partial charge >= 0.3 is 0 Å². The van der Waals surface area contributed by atoms with Crippen molar-refractivity contribution in [3.05, 3.63) is 48.0 Å². The van der Waals surface area contributed by atoms with Gasteiger partial charge in [0.1, 0.15) is 6.54 Å². The van der Waals surface area contributed by atoms with E-state index in [1.165, 1.54) is 11.8 Å². The van der Waals surface area contributed by atoms with E-state index in [1.54, 1.807) is 48.8 Å². The summed E-state index contributed by atoms with van der Waals surface area (Å²) in [5, 5.41) is 13.0. The van der Waals surface area contributed by atoms with E-state index in [1.807, 2.05) is 19.9 Å². The Balaban J connectivity index is 1.76. The third kappa shape index (κ3) is 2.93.